The Morgan fingerprint density at radius 1 is 1.06 bits per heavy atom. The summed E-state index contributed by atoms with van der Waals surface area (Å²) in [5.41, 5.74) is 2.65. The molecule has 5 rings (SSSR count). The first-order chi connectivity index (χ1) is 16.6. The van der Waals surface area contributed by atoms with Crippen LogP contribution in [0.2, 0.25) is 0 Å². The lowest BCUT2D eigenvalue weighted by Gasteiger charge is -2.27. The number of nitrogens with zero attached hydrogens (tertiary/aromatic N) is 2. The SMILES string of the molecule is COc1ccccc1N1C(=S)NC(c2ccccn2)C1c1ccc(-c2ccc(C(=O)O)cc2)o1. The number of carboxylic acids is 1. The minimum absolute atomic E-state index is 0.221. The van der Waals surface area contributed by atoms with Gasteiger partial charge in [-0.3, -0.25) is 4.98 Å². The van der Waals surface area contributed by atoms with Gasteiger partial charge in [0.25, 0.3) is 0 Å². The molecule has 8 heteroatoms. The molecular weight excluding hydrogens is 450 g/mol. The molecule has 0 radical (unpaired) electrons. The van der Waals surface area contributed by atoms with Crippen molar-refractivity contribution in [1.29, 1.82) is 0 Å². The number of thiocarbonyl (C=S) groups is 1. The third kappa shape index (κ3) is 3.88. The maximum absolute atomic E-state index is 11.2. The van der Waals surface area contributed by atoms with Gasteiger partial charge in [0.1, 0.15) is 23.3 Å². The van der Waals surface area contributed by atoms with Crippen LogP contribution in [0.25, 0.3) is 11.3 Å². The second-order valence-electron chi connectivity index (χ2n) is 7.75. The molecule has 2 unspecified atom stereocenters. The summed E-state index contributed by atoms with van der Waals surface area (Å²) in [5, 5.41) is 13.1. The fourth-order valence-electron chi connectivity index (χ4n) is 4.18. The van der Waals surface area contributed by atoms with Gasteiger partial charge in [0, 0.05) is 11.8 Å². The Balaban J connectivity index is 1.59. The molecule has 170 valence electrons. The monoisotopic (exact) mass is 471 g/mol. The van der Waals surface area contributed by atoms with Gasteiger partial charge in [0.05, 0.1) is 30.1 Å². The van der Waals surface area contributed by atoms with Gasteiger partial charge in [0.2, 0.25) is 0 Å². The van der Waals surface area contributed by atoms with Crippen LogP contribution in [0.5, 0.6) is 5.75 Å². The van der Waals surface area contributed by atoms with Gasteiger partial charge in [-0.05, 0) is 60.7 Å². The number of nitrogens with one attached hydrogen (secondary N) is 1. The number of furan rings is 1. The molecule has 1 saturated heterocycles. The van der Waals surface area contributed by atoms with Gasteiger partial charge in [0.15, 0.2) is 5.11 Å². The Morgan fingerprint density at radius 3 is 2.53 bits per heavy atom. The summed E-state index contributed by atoms with van der Waals surface area (Å²) in [7, 11) is 1.63. The summed E-state index contributed by atoms with van der Waals surface area (Å²) >= 11 is 5.76. The van der Waals surface area contributed by atoms with Crippen molar-refractivity contribution in [3.8, 4) is 17.1 Å². The van der Waals surface area contributed by atoms with E-state index in [2.05, 4.69) is 10.3 Å². The number of carboxylic acid groups (broad SMARTS) is 1. The summed E-state index contributed by atoms with van der Waals surface area (Å²) in [5.74, 6) is 1.04. The summed E-state index contributed by atoms with van der Waals surface area (Å²) in [6.45, 7) is 0. The number of aromatic carboxylic acids is 1. The highest BCUT2D eigenvalue weighted by molar-refractivity contribution is 7.80. The van der Waals surface area contributed by atoms with Crippen LogP contribution in [0, 0.1) is 0 Å². The van der Waals surface area contributed by atoms with Crippen LogP contribution in [-0.4, -0.2) is 28.3 Å². The van der Waals surface area contributed by atoms with E-state index in [0.29, 0.717) is 22.4 Å². The van der Waals surface area contributed by atoms with E-state index in [4.69, 9.17) is 21.4 Å². The molecule has 1 aliphatic heterocycles. The van der Waals surface area contributed by atoms with Gasteiger partial charge in [-0.25, -0.2) is 4.79 Å². The second kappa shape index (κ2) is 8.99. The Hall–Kier alpha value is -4.17. The van der Waals surface area contributed by atoms with E-state index < -0.39 is 5.97 Å². The van der Waals surface area contributed by atoms with Crippen molar-refractivity contribution >= 4 is 29.0 Å². The summed E-state index contributed by atoms with van der Waals surface area (Å²) in [6, 6.07) is 23.2. The molecule has 1 aliphatic rings. The number of para-hydroxylation sites is 2. The molecule has 2 N–H and O–H groups in total. The van der Waals surface area contributed by atoms with E-state index in [1.807, 2.05) is 59.5 Å². The van der Waals surface area contributed by atoms with Gasteiger partial charge in [-0.2, -0.15) is 0 Å². The van der Waals surface area contributed by atoms with Crippen LogP contribution in [0.1, 0.15) is 33.9 Å². The minimum atomic E-state index is -0.970. The summed E-state index contributed by atoms with van der Waals surface area (Å²) < 4.78 is 11.9. The van der Waals surface area contributed by atoms with Crippen LogP contribution < -0.4 is 15.0 Å². The zero-order chi connectivity index (χ0) is 23.7. The molecule has 2 aromatic carbocycles. The van der Waals surface area contributed by atoms with Crippen molar-refractivity contribution in [3.05, 3.63) is 102 Å². The van der Waals surface area contributed by atoms with Crippen molar-refractivity contribution in [2.75, 3.05) is 12.0 Å². The highest BCUT2D eigenvalue weighted by Gasteiger charge is 2.43. The topological polar surface area (TPSA) is 87.8 Å². The Morgan fingerprint density at radius 2 is 1.82 bits per heavy atom. The Kier molecular flexibility index (Phi) is 5.73. The maximum Gasteiger partial charge on any atom is 0.335 e. The van der Waals surface area contributed by atoms with E-state index >= 15 is 0 Å². The average Bonchev–Trinajstić information content (AvgIpc) is 3.49. The van der Waals surface area contributed by atoms with Crippen LogP contribution >= 0.6 is 12.2 Å². The molecule has 7 nitrogen and oxygen atoms in total. The highest BCUT2D eigenvalue weighted by Crippen LogP contribution is 2.45. The van der Waals surface area contributed by atoms with Gasteiger partial charge < -0.3 is 24.5 Å². The van der Waals surface area contributed by atoms with Crippen LogP contribution in [0.15, 0.2) is 89.5 Å². The zero-order valence-electron chi connectivity index (χ0n) is 18.2. The fourth-order valence-corrected chi connectivity index (χ4v) is 4.51. The molecule has 0 bridgehead atoms. The second-order valence-corrected chi connectivity index (χ2v) is 8.14. The first-order valence-electron chi connectivity index (χ1n) is 10.6. The molecule has 1 fully saturated rings. The largest absolute Gasteiger partial charge is 0.495 e. The predicted octanol–water partition coefficient (Wildman–Crippen LogP) is 5.23. The van der Waals surface area contributed by atoms with Crippen molar-refractivity contribution in [2.24, 2.45) is 0 Å². The number of hydrogen-bond donors (Lipinski definition) is 2. The molecule has 0 spiro atoms. The third-order valence-electron chi connectivity index (χ3n) is 5.78. The van der Waals surface area contributed by atoms with Crippen molar-refractivity contribution in [3.63, 3.8) is 0 Å². The number of aromatic nitrogens is 1. The number of ether oxygens (including phenoxy) is 1. The number of carbonyl (C=O) groups is 1. The number of pyridine rings is 1. The standard InChI is InChI=1S/C26H21N3O4S/c1-32-21-8-3-2-7-19(21)29-24(23(28-26(29)34)18-6-4-5-15-27-18)22-14-13-20(33-22)16-9-11-17(12-10-16)25(30)31/h2-15,23-24H,1H3,(H,28,34)(H,30,31). The first kappa shape index (κ1) is 21.7. The van der Waals surface area contributed by atoms with E-state index in [1.54, 1.807) is 37.6 Å². The fraction of sp³-hybridized carbons (Fsp3) is 0.115. The molecule has 0 amide bonds. The summed E-state index contributed by atoms with van der Waals surface area (Å²) in [6.07, 6.45) is 1.75. The van der Waals surface area contributed by atoms with Gasteiger partial charge in [-0.15, -0.1) is 0 Å². The predicted molar refractivity (Wildman–Crippen MR) is 132 cm³/mol. The van der Waals surface area contributed by atoms with Gasteiger partial charge >= 0.3 is 5.97 Å². The number of hydrogen-bond acceptors (Lipinski definition) is 5. The van der Waals surface area contributed by atoms with E-state index in [0.717, 1.165) is 16.9 Å². The van der Waals surface area contributed by atoms with Crippen molar-refractivity contribution in [2.45, 2.75) is 12.1 Å². The van der Waals surface area contributed by atoms with E-state index in [1.165, 1.54) is 0 Å². The van der Waals surface area contributed by atoms with E-state index in [-0.39, 0.29) is 17.6 Å². The molecule has 0 aliphatic carbocycles. The van der Waals surface area contributed by atoms with Crippen molar-refractivity contribution < 1.29 is 19.1 Å². The molecule has 3 heterocycles. The molecular formula is C26H21N3O4S. The lowest BCUT2D eigenvalue weighted by molar-refractivity contribution is 0.0697. The molecule has 2 aromatic heterocycles. The number of methoxy groups -OCH3 is 1. The average molecular weight is 472 g/mol. The third-order valence-corrected chi connectivity index (χ3v) is 6.09. The molecule has 2 atom stereocenters. The zero-order valence-corrected chi connectivity index (χ0v) is 19.0. The number of benzene rings is 2. The summed E-state index contributed by atoms with van der Waals surface area (Å²) in [4.78, 5) is 17.7. The molecule has 34 heavy (non-hydrogen) atoms. The van der Waals surface area contributed by atoms with E-state index in [9.17, 15) is 9.90 Å². The smallest absolute Gasteiger partial charge is 0.335 e. The maximum atomic E-state index is 11.2. The quantitative estimate of drug-likeness (QED) is 0.370. The Labute approximate surface area is 201 Å². The van der Waals surface area contributed by atoms with Crippen molar-refractivity contribution in [1.82, 2.24) is 10.3 Å². The first-order valence-corrected chi connectivity index (χ1v) is 11.0. The van der Waals surface area contributed by atoms with Crippen LogP contribution in [0.3, 0.4) is 0 Å². The lowest BCUT2D eigenvalue weighted by atomic mass is 10.0. The van der Waals surface area contributed by atoms with Crippen LogP contribution in [0.4, 0.5) is 5.69 Å². The minimum Gasteiger partial charge on any atom is -0.495 e. The molecule has 0 saturated carbocycles. The Bertz CT molecular complexity index is 1340. The van der Waals surface area contributed by atoms with Crippen LogP contribution in [-0.2, 0) is 0 Å². The molecule has 4 aromatic rings. The number of anilines is 1. The number of rotatable bonds is 6. The lowest BCUT2D eigenvalue weighted by Crippen LogP contribution is -2.29. The normalized spacial score (nSPS) is 17.4. The van der Waals surface area contributed by atoms with Gasteiger partial charge in [-0.1, -0.05) is 30.3 Å². The highest BCUT2D eigenvalue weighted by atomic mass is 32.1.